The first-order valence-corrected chi connectivity index (χ1v) is 6.37. The molecule has 0 radical (unpaired) electrons. The van der Waals surface area contributed by atoms with Crippen LogP contribution in [0.2, 0.25) is 5.04 Å². The van der Waals surface area contributed by atoms with Gasteiger partial charge in [-0.25, -0.2) is 4.79 Å². The molecule has 0 aromatic carbocycles. The van der Waals surface area contributed by atoms with Crippen molar-refractivity contribution < 1.29 is 9.53 Å². The van der Waals surface area contributed by atoms with Crippen molar-refractivity contribution in [2.45, 2.75) is 44.6 Å². The van der Waals surface area contributed by atoms with E-state index >= 15 is 0 Å². The lowest BCUT2D eigenvalue weighted by molar-refractivity contribution is -0.137. The summed E-state index contributed by atoms with van der Waals surface area (Å²) in [6, 6.07) is 0. The predicted octanol–water partition coefficient (Wildman–Crippen LogP) is 1.84. The van der Waals surface area contributed by atoms with E-state index in [2.05, 4.69) is 20.4 Å². The quantitative estimate of drug-likeness (QED) is 0.280. The van der Waals surface area contributed by atoms with Gasteiger partial charge in [0.1, 0.15) is 0 Å². The summed E-state index contributed by atoms with van der Waals surface area (Å²) in [4.78, 5) is 10.7. The van der Waals surface area contributed by atoms with E-state index in [0.29, 0.717) is 11.6 Å². The van der Waals surface area contributed by atoms with Crippen LogP contribution in [0.4, 0.5) is 0 Å². The summed E-state index contributed by atoms with van der Waals surface area (Å²) in [7, 11) is 1.22. The summed E-state index contributed by atoms with van der Waals surface area (Å²) in [6.07, 6.45) is 5.85. The highest BCUT2D eigenvalue weighted by atomic mass is 28.1. The van der Waals surface area contributed by atoms with E-state index in [-0.39, 0.29) is 5.97 Å². The van der Waals surface area contributed by atoms with Gasteiger partial charge in [0.2, 0.25) is 0 Å². The van der Waals surface area contributed by atoms with Crippen molar-refractivity contribution in [1.82, 2.24) is 0 Å². The van der Waals surface area contributed by atoms with E-state index in [9.17, 15) is 4.79 Å². The molecule has 0 aliphatic heterocycles. The third kappa shape index (κ3) is 5.22. The molecule has 14 heavy (non-hydrogen) atoms. The minimum Gasteiger partial charge on any atom is -0.463 e. The van der Waals surface area contributed by atoms with Crippen LogP contribution in [-0.4, -0.2) is 22.8 Å². The average molecular weight is 214 g/mol. The van der Waals surface area contributed by atoms with Crippen molar-refractivity contribution in [2.75, 3.05) is 6.61 Å². The Morgan fingerprint density at radius 3 is 2.50 bits per heavy atom. The largest absolute Gasteiger partial charge is 0.463 e. The lowest BCUT2D eigenvalue weighted by atomic mass is 9.96. The minimum absolute atomic E-state index is 0.308. The Morgan fingerprint density at radius 2 is 2.07 bits per heavy atom. The highest BCUT2D eigenvalue weighted by molar-refractivity contribution is 6.15. The van der Waals surface area contributed by atoms with Crippen LogP contribution in [-0.2, 0) is 9.53 Å². The van der Waals surface area contributed by atoms with Crippen LogP contribution in [0.1, 0.15) is 39.5 Å². The van der Waals surface area contributed by atoms with E-state index in [0.717, 1.165) is 6.42 Å². The number of carbonyl (C=O) groups excluding carboxylic acids is 1. The maximum Gasteiger partial charge on any atom is 0.330 e. The van der Waals surface area contributed by atoms with E-state index in [1.54, 1.807) is 0 Å². The van der Waals surface area contributed by atoms with Gasteiger partial charge in [0.15, 0.2) is 0 Å². The lowest BCUT2D eigenvalue weighted by Gasteiger charge is -2.26. The maximum atomic E-state index is 10.7. The van der Waals surface area contributed by atoms with Gasteiger partial charge in [0.05, 0.1) is 6.61 Å². The van der Waals surface area contributed by atoms with Gasteiger partial charge in [-0.1, -0.05) is 33.3 Å². The second kappa shape index (κ2) is 6.82. The molecule has 0 N–H and O–H groups in total. The molecule has 0 atom stereocenters. The summed E-state index contributed by atoms with van der Waals surface area (Å²) in [5.74, 6) is -0.308. The van der Waals surface area contributed by atoms with Gasteiger partial charge in [-0.05, 0) is 17.9 Å². The van der Waals surface area contributed by atoms with Gasteiger partial charge in [0.25, 0.3) is 0 Å². The van der Waals surface area contributed by atoms with Crippen LogP contribution in [0.3, 0.4) is 0 Å². The second-order valence-electron chi connectivity index (χ2n) is 3.99. The second-order valence-corrected chi connectivity index (χ2v) is 6.11. The van der Waals surface area contributed by atoms with Gasteiger partial charge in [-0.3, -0.25) is 0 Å². The van der Waals surface area contributed by atoms with Crippen LogP contribution in [0.15, 0.2) is 12.7 Å². The molecule has 0 aromatic rings. The molecule has 0 aromatic heterocycles. The molecule has 3 heteroatoms. The van der Waals surface area contributed by atoms with Crippen molar-refractivity contribution in [2.24, 2.45) is 0 Å². The number of rotatable bonds is 7. The van der Waals surface area contributed by atoms with E-state index in [1.165, 1.54) is 35.6 Å². The van der Waals surface area contributed by atoms with E-state index in [1.807, 2.05) is 0 Å². The van der Waals surface area contributed by atoms with E-state index < -0.39 is 0 Å². The molecule has 0 amide bonds. The number of hydrogen-bond acceptors (Lipinski definition) is 2. The zero-order chi connectivity index (χ0) is 11.0. The normalized spacial score (nSPS) is 11.3. The van der Waals surface area contributed by atoms with Crippen LogP contribution in [0.25, 0.3) is 0 Å². The van der Waals surface area contributed by atoms with Crippen LogP contribution in [0.5, 0.6) is 0 Å². The molecule has 0 unspecified atom stereocenters. The number of esters is 1. The van der Waals surface area contributed by atoms with Gasteiger partial charge in [-0.15, -0.1) is 0 Å². The Hall–Kier alpha value is -0.573. The van der Waals surface area contributed by atoms with Gasteiger partial charge >= 0.3 is 5.97 Å². The molecule has 0 aliphatic rings. The fraction of sp³-hybridized carbons (Fsp3) is 0.727. The predicted molar refractivity (Wildman–Crippen MR) is 63.6 cm³/mol. The first kappa shape index (κ1) is 13.4. The monoisotopic (exact) mass is 214 g/mol. The highest BCUT2D eigenvalue weighted by Crippen LogP contribution is 2.35. The van der Waals surface area contributed by atoms with Crippen molar-refractivity contribution in [1.29, 1.82) is 0 Å². The number of carbonyl (C=O) groups is 1. The molecule has 0 saturated carbocycles. The standard InChI is InChI=1S/C11H22O2Si/c1-4-10(12)13-9-7-8-11(14,5-2)6-3/h4H,1,5-9H2,2-3,14H3. The summed E-state index contributed by atoms with van der Waals surface area (Å²) in [5, 5.41) is 0.542. The van der Waals surface area contributed by atoms with Crippen molar-refractivity contribution in [3.05, 3.63) is 12.7 Å². The first-order valence-electron chi connectivity index (χ1n) is 5.37. The molecular weight excluding hydrogens is 192 g/mol. The lowest BCUT2D eigenvalue weighted by Crippen LogP contribution is -2.12. The van der Waals surface area contributed by atoms with Crippen LogP contribution < -0.4 is 0 Å². The topological polar surface area (TPSA) is 26.3 Å². The summed E-state index contributed by atoms with van der Waals surface area (Å²) < 4.78 is 4.93. The van der Waals surface area contributed by atoms with Crippen molar-refractivity contribution in [3.63, 3.8) is 0 Å². The molecule has 0 fully saturated rings. The van der Waals surface area contributed by atoms with Gasteiger partial charge < -0.3 is 4.74 Å². The number of hydrogen-bond donors (Lipinski definition) is 0. The Balaban J connectivity index is 3.62. The van der Waals surface area contributed by atoms with Gasteiger partial charge in [-0.2, -0.15) is 0 Å². The Bertz CT molecular complexity index is 186. The zero-order valence-corrected chi connectivity index (χ0v) is 11.6. The molecule has 0 aliphatic carbocycles. The Morgan fingerprint density at radius 1 is 1.50 bits per heavy atom. The summed E-state index contributed by atoms with van der Waals surface area (Å²) >= 11 is 0. The molecule has 0 bridgehead atoms. The molecule has 0 rings (SSSR count). The van der Waals surface area contributed by atoms with Gasteiger partial charge in [0, 0.05) is 16.3 Å². The SMILES string of the molecule is C=CC(=O)OCCCC([SiH3])(CC)CC. The smallest absolute Gasteiger partial charge is 0.330 e. The zero-order valence-electron chi connectivity index (χ0n) is 9.64. The molecule has 0 saturated heterocycles. The number of ether oxygens (including phenoxy) is 1. The first-order chi connectivity index (χ1) is 6.58. The maximum absolute atomic E-state index is 10.7. The third-order valence-corrected chi connectivity index (χ3v) is 4.96. The fourth-order valence-electron chi connectivity index (χ4n) is 1.33. The summed E-state index contributed by atoms with van der Waals surface area (Å²) in [5.41, 5.74) is 0. The molecule has 82 valence electrons. The third-order valence-electron chi connectivity index (χ3n) is 3.04. The molecule has 2 nitrogen and oxygen atoms in total. The molecule has 0 heterocycles. The average Bonchev–Trinajstić information content (AvgIpc) is 2.23. The highest BCUT2D eigenvalue weighted by Gasteiger charge is 2.18. The van der Waals surface area contributed by atoms with E-state index in [4.69, 9.17) is 4.74 Å². The van der Waals surface area contributed by atoms with Crippen molar-refractivity contribution in [3.8, 4) is 0 Å². The molecule has 0 spiro atoms. The summed E-state index contributed by atoms with van der Waals surface area (Å²) in [6.45, 7) is 8.37. The molecular formula is C11H22O2Si. The Kier molecular flexibility index (Phi) is 6.54. The van der Waals surface area contributed by atoms with Crippen LogP contribution >= 0.6 is 0 Å². The van der Waals surface area contributed by atoms with Crippen LogP contribution in [0, 0.1) is 0 Å². The Labute approximate surface area is 90.1 Å². The minimum atomic E-state index is -0.308. The van der Waals surface area contributed by atoms with Crippen molar-refractivity contribution >= 4 is 16.2 Å². The fourth-order valence-corrected chi connectivity index (χ4v) is 1.69.